The Hall–Kier alpha value is -5.82. The van der Waals surface area contributed by atoms with Gasteiger partial charge < -0.3 is 13.8 Å². The molecule has 0 atom stereocenters. The molecule has 10 aromatic rings. The van der Waals surface area contributed by atoms with Crippen LogP contribution in [0.1, 0.15) is 82.2 Å². The zero-order valence-corrected chi connectivity index (χ0v) is 35.1. The first kappa shape index (κ1) is 29.4. The molecule has 0 fully saturated rings. The third-order valence-corrected chi connectivity index (χ3v) is 9.99. The molecule has 0 aliphatic carbocycles. The SMILES string of the molecule is CC(C)(C)c1nc(-c2ccc3c(c2)oc2cc4c5ccc[c-]c5c5nc6ccccc6n5c4cc23)nc(C(C)(C)C)n1.[2H]C([2H])([2H])c1c[c-]c(-c2cc(C([2H])([2H])[2H])c(C([2H])([2H])[2H])cn2)cc1.[Ir]. The molecular weight excluding hydrogens is 893 g/mol. The number of furan rings is 1. The van der Waals surface area contributed by atoms with Crippen LogP contribution in [0.25, 0.3) is 82.9 Å². The maximum atomic E-state index is 7.54. The molecule has 5 aromatic carbocycles. The van der Waals surface area contributed by atoms with Gasteiger partial charge in [0, 0.05) is 71.3 Å². The van der Waals surface area contributed by atoms with Crippen molar-refractivity contribution in [2.24, 2.45) is 0 Å². The summed E-state index contributed by atoms with van der Waals surface area (Å²) in [6.45, 7) is 5.32. The van der Waals surface area contributed by atoms with E-state index in [1.807, 2.05) is 18.2 Å². The number of fused-ring (bicyclic) bond motifs is 11. The fourth-order valence-electron chi connectivity index (χ4n) is 7.00. The van der Waals surface area contributed by atoms with Gasteiger partial charge in [-0.05, 0) is 66.7 Å². The summed E-state index contributed by atoms with van der Waals surface area (Å²) in [6.07, 6.45) is 1.02. The summed E-state index contributed by atoms with van der Waals surface area (Å²) in [4.78, 5) is 23.7. The predicted molar refractivity (Wildman–Crippen MR) is 233 cm³/mol. The van der Waals surface area contributed by atoms with Gasteiger partial charge in [0.15, 0.2) is 5.82 Å². The van der Waals surface area contributed by atoms with Crippen molar-refractivity contribution in [1.29, 1.82) is 0 Å². The van der Waals surface area contributed by atoms with Gasteiger partial charge in [-0.3, -0.25) is 4.98 Å². The number of aryl methyl sites for hydroxylation is 3. The van der Waals surface area contributed by atoms with Crippen LogP contribution >= 0.6 is 0 Å². The number of aromatic nitrogens is 6. The number of benzene rings is 5. The molecule has 291 valence electrons. The number of rotatable bonds is 2. The molecule has 0 aliphatic heterocycles. The van der Waals surface area contributed by atoms with Crippen LogP contribution in [0.15, 0.2) is 108 Å². The summed E-state index contributed by atoms with van der Waals surface area (Å²) in [5.41, 5.74) is 6.24. The van der Waals surface area contributed by atoms with E-state index in [2.05, 4.69) is 118 Å². The van der Waals surface area contributed by atoms with Crippen molar-refractivity contribution in [2.45, 2.75) is 72.9 Å². The summed E-state index contributed by atoms with van der Waals surface area (Å²) in [7, 11) is 0. The first-order valence-electron chi connectivity index (χ1n) is 23.2. The van der Waals surface area contributed by atoms with Gasteiger partial charge in [-0.2, -0.15) is 0 Å². The van der Waals surface area contributed by atoms with Crippen LogP contribution in [0.2, 0.25) is 0 Å². The number of para-hydroxylation sites is 2. The Balaban J connectivity index is 0.000000209. The van der Waals surface area contributed by atoms with E-state index in [4.69, 9.17) is 36.7 Å². The van der Waals surface area contributed by atoms with Crippen molar-refractivity contribution in [3.8, 4) is 22.6 Å². The van der Waals surface area contributed by atoms with Crippen molar-refractivity contribution in [3.05, 3.63) is 144 Å². The fraction of sp³-hybridized carbons (Fsp3) is 0.220. The summed E-state index contributed by atoms with van der Waals surface area (Å²) in [6, 6.07) is 36.6. The van der Waals surface area contributed by atoms with Crippen molar-refractivity contribution in [2.75, 3.05) is 0 Å². The number of pyridine rings is 2. The Kier molecular flexibility index (Phi) is 7.37. The Morgan fingerprint density at radius 3 is 2.16 bits per heavy atom. The van der Waals surface area contributed by atoms with Crippen LogP contribution < -0.4 is 0 Å². The van der Waals surface area contributed by atoms with Gasteiger partial charge in [-0.25, -0.2) is 15.0 Å². The summed E-state index contributed by atoms with van der Waals surface area (Å²) in [5, 5.41) is 5.32. The number of hydrogen-bond acceptors (Lipinski definition) is 6. The third kappa shape index (κ3) is 6.95. The molecule has 0 saturated heterocycles. The van der Waals surface area contributed by atoms with E-state index in [1.165, 1.54) is 24.3 Å². The summed E-state index contributed by atoms with van der Waals surface area (Å²) < 4.78 is 75.7. The minimum atomic E-state index is -2.61. The zero-order chi connectivity index (χ0) is 47.3. The average molecular weight is 946 g/mol. The van der Waals surface area contributed by atoms with Gasteiger partial charge in [0.25, 0.3) is 0 Å². The van der Waals surface area contributed by atoms with E-state index in [-0.39, 0.29) is 53.3 Å². The molecular formula is C50H44IrN6O-2. The quantitative estimate of drug-likeness (QED) is 0.127. The largest absolute Gasteiger partial charge is 0.456 e. The van der Waals surface area contributed by atoms with Gasteiger partial charge in [-0.1, -0.05) is 83.6 Å². The maximum absolute atomic E-state index is 7.54. The molecule has 0 aliphatic rings. The zero-order valence-electron chi connectivity index (χ0n) is 41.7. The molecule has 58 heavy (non-hydrogen) atoms. The molecule has 0 bridgehead atoms. The molecule has 5 aromatic heterocycles. The normalized spacial score (nSPS) is 15.0. The van der Waals surface area contributed by atoms with Crippen LogP contribution in [0.5, 0.6) is 0 Å². The molecule has 1 radical (unpaired) electrons. The molecule has 0 unspecified atom stereocenters. The molecule has 0 N–H and O–H groups in total. The van der Waals surface area contributed by atoms with Crippen LogP contribution in [-0.4, -0.2) is 29.3 Å². The first-order chi connectivity index (χ1) is 30.9. The minimum Gasteiger partial charge on any atom is -0.456 e. The van der Waals surface area contributed by atoms with Gasteiger partial charge in [0.2, 0.25) is 0 Å². The number of nitrogens with zero attached hydrogens (tertiary/aromatic N) is 6. The van der Waals surface area contributed by atoms with E-state index in [1.54, 1.807) is 0 Å². The van der Waals surface area contributed by atoms with E-state index in [0.29, 0.717) is 11.4 Å². The second kappa shape index (κ2) is 14.5. The van der Waals surface area contributed by atoms with E-state index in [9.17, 15) is 0 Å². The number of imidazole rings is 1. The van der Waals surface area contributed by atoms with Gasteiger partial charge in [-0.15, -0.1) is 65.0 Å². The smallest absolute Gasteiger partial charge is 0.163 e. The topological polar surface area (TPSA) is 82.0 Å². The van der Waals surface area contributed by atoms with Crippen LogP contribution in [0.4, 0.5) is 0 Å². The Bertz CT molecular complexity index is 3490. The molecule has 0 saturated carbocycles. The van der Waals surface area contributed by atoms with E-state index >= 15 is 0 Å². The molecule has 7 nitrogen and oxygen atoms in total. The minimum absolute atomic E-state index is 0. The van der Waals surface area contributed by atoms with Gasteiger partial charge in [0.1, 0.15) is 22.8 Å². The van der Waals surface area contributed by atoms with E-state index in [0.717, 1.165) is 83.7 Å². The monoisotopic (exact) mass is 946 g/mol. The number of hydrogen-bond donors (Lipinski definition) is 0. The molecule has 0 amide bonds. The Morgan fingerprint density at radius 2 is 1.43 bits per heavy atom. The van der Waals surface area contributed by atoms with Crippen LogP contribution in [0.3, 0.4) is 0 Å². The summed E-state index contributed by atoms with van der Waals surface area (Å²) >= 11 is 0. The summed E-state index contributed by atoms with van der Waals surface area (Å²) in [5.74, 6) is 2.24. The van der Waals surface area contributed by atoms with Crippen molar-refractivity contribution >= 4 is 60.3 Å². The van der Waals surface area contributed by atoms with E-state index < -0.39 is 20.6 Å². The van der Waals surface area contributed by atoms with Crippen molar-refractivity contribution < 1.29 is 36.9 Å². The second-order valence-corrected chi connectivity index (χ2v) is 16.3. The Morgan fingerprint density at radius 1 is 0.655 bits per heavy atom. The standard InChI is InChI=1S/C36H30N5O.C14H14N.Ir/c1-35(2,3)33-38-31(39-34(40-33)36(4,5)6)20-15-16-22-25-18-28-24(19-30(25)42-29(22)17-20)21-11-7-8-12-23(21)32-37-26-13-9-10-14-27(26)41(28)32;1-10-4-6-13(7-5-10)14-8-11(2)12(3)9-15-14;/h7-11,13-19H,1-6H3;4-6,8-9H,1-3H3;/q2*-1;/i;1D3,2D3,3D3;. The molecule has 0 spiro atoms. The Labute approximate surface area is 364 Å². The molecule has 10 rings (SSSR count). The van der Waals surface area contributed by atoms with Crippen molar-refractivity contribution in [3.63, 3.8) is 0 Å². The maximum Gasteiger partial charge on any atom is 0.163 e. The molecule has 5 heterocycles. The van der Waals surface area contributed by atoms with Gasteiger partial charge in [0.05, 0.1) is 16.7 Å². The third-order valence-electron chi connectivity index (χ3n) is 9.99. The molecule has 8 heteroatoms. The predicted octanol–water partition coefficient (Wildman–Crippen LogP) is 12.4. The van der Waals surface area contributed by atoms with Gasteiger partial charge >= 0.3 is 0 Å². The average Bonchev–Trinajstić information content (AvgIpc) is 3.82. The second-order valence-electron chi connectivity index (χ2n) is 16.3. The fourth-order valence-corrected chi connectivity index (χ4v) is 7.00. The van der Waals surface area contributed by atoms with Crippen LogP contribution in [-0.2, 0) is 30.9 Å². The van der Waals surface area contributed by atoms with Crippen LogP contribution in [0, 0.1) is 32.7 Å². The van der Waals surface area contributed by atoms with Crippen molar-refractivity contribution in [1.82, 2.24) is 29.3 Å². The first-order valence-corrected chi connectivity index (χ1v) is 18.7.